The molecule has 162 valence electrons. The highest BCUT2D eigenvalue weighted by molar-refractivity contribution is 7.89. The van der Waals surface area contributed by atoms with Crippen molar-refractivity contribution in [1.82, 2.24) is 14.3 Å². The molecule has 0 atom stereocenters. The fraction of sp³-hybridized carbons (Fsp3) is 0.524. The van der Waals surface area contributed by atoms with E-state index in [1.54, 1.807) is 29.4 Å². The number of aryl methyl sites for hydroxylation is 1. The van der Waals surface area contributed by atoms with Gasteiger partial charge in [0.15, 0.2) is 0 Å². The zero-order chi connectivity index (χ0) is 21.3. The minimum absolute atomic E-state index is 0.286. The number of benzene rings is 1. The number of hydrogen-bond donors (Lipinski definition) is 0. The molecule has 0 amide bonds. The van der Waals surface area contributed by atoms with Gasteiger partial charge in [0.1, 0.15) is 5.82 Å². The monoisotopic (exact) mass is 449 g/mol. The maximum atomic E-state index is 13.1. The van der Waals surface area contributed by atoms with Gasteiger partial charge in [0.05, 0.1) is 4.90 Å². The van der Waals surface area contributed by atoms with Gasteiger partial charge in [-0.1, -0.05) is 17.7 Å². The Morgan fingerprint density at radius 3 is 2.30 bits per heavy atom. The standard InChI is InChI=1S/C21H28ClN5O2S/c1-16-15-20(24-21(23-16)26-9-4-3-5-10-26)25-11-13-27(14-12-25)30(28,29)19-8-6-7-18(22)17(19)2/h6-8,15H,3-5,9-14H2,1-2H3. The third-order valence-corrected chi connectivity index (χ3v) is 8.32. The summed E-state index contributed by atoms with van der Waals surface area (Å²) in [6.45, 7) is 7.73. The molecule has 4 rings (SSSR count). The van der Waals surface area contributed by atoms with Gasteiger partial charge >= 0.3 is 0 Å². The molecule has 0 bridgehead atoms. The van der Waals surface area contributed by atoms with E-state index in [0.29, 0.717) is 36.8 Å². The molecule has 7 nitrogen and oxygen atoms in total. The largest absolute Gasteiger partial charge is 0.354 e. The molecule has 0 radical (unpaired) electrons. The molecule has 2 fully saturated rings. The lowest BCUT2D eigenvalue weighted by Crippen LogP contribution is -2.49. The van der Waals surface area contributed by atoms with Gasteiger partial charge in [0.2, 0.25) is 16.0 Å². The number of piperazine rings is 1. The molecule has 0 saturated carbocycles. The van der Waals surface area contributed by atoms with Gasteiger partial charge in [-0.05, 0) is 50.8 Å². The van der Waals surface area contributed by atoms with Crippen LogP contribution in [0.15, 0.2) is 29.2 Å². The topological polar surface area (TPSA) is 69.6 Å². The molecule has 30 heavy (non-hydrogen) atoms. The average molecular weight is 450 g/mol. The predicted octanol–water partition coefficient (Wildman–Crippen LogP) is 3.25. The summed E-state index contributed by atoms with van der Waals surface area (Å²) >= 11 is 6.15. The summed E-state index contributed by atoms with van der Waals surface area (Å²) in [5.74, 6) is 1.66. The van der Waals surface area contributed by atoms with Crippen molar-refractivity contribution in [2.24, 2.45) is 0 Å². The number of sulfonamides is 1. The smallest absolute Gasteiger partial charge is 0.243 e. The zero-order valence-corrected chi connectivity index (χ0v) is 19.1. The van der Waals surface area contributed by atoms with E-state index in [2.05, 4.69) is 14.8 Å². The summed E-state index contributed by atoms with van der Waals surface area (Å²) < 4.78 is 27.8. The summed E-state index contributed by atoms with van der Waals surface area (Å²) in [5.41, 5.74) is 1.53. The molecule has 0 spiro atoms. The van der Waals surface area contributed by atoms with Crippen molar-refractivity contribution < 1.29 is 8.42 Å². The van der Waals surface area contributed by atoms with E-state index in [4.69, 9.17) is 16.6 Å². The maximum absolute atomic E-state index is 13.1. The molecule has 2 aliphatic heterocycles. The lowest BCUT2D eigenvalue weighted by atomic mass is 10.1. The Morgan fingerprint density at radius 1 is 0.900 bits per heavy atom. The maximum Gasteiger partial charge on any atom is 0.243 e. The van der Waals surface area contributed by atoms with Gasteiger partial charge in [0.25, 0.3) is 0 Å². The Balaban J connectivity index is 1.49. The van der Waals surface area contributed by atoms with E-state index in [1.165, 1.54) is 19.3 Å². The number of hydrogen-bond acceptors (Lipinski definition) is 6. The Hall–Kier alpha value is -1.90. The molecular formula is C21H28ClN5O2S. The molecule has 2 aromatic rings. The van der Waals surface area contributed by atoms with Gasteiger partial charge in [-0.15, -0.1) is 0 Å². The Morgan fingerprint density at radius 2 is 1.60 bits per heavy atom. The first kappa shape index (κ1) is 21.3. The lowest BCUT2D eigenvalue weighted by Gasteiger charge is -2.35. The average Bonchev–Trinajstić information content (AvgIpc) is 2.76. The van der Waals surface area contributed by atoms with Crippen molar-refractivity contribution in [2.75, 3.05) is 49.1 Å². The van der Waals surface area contributed by atoms with Crippen molar-refractivity contribution >= 4 is 33.4 Å². The first-order valence-corrected chi connectivity index (χ1v) is 12.3. The summed E-state index contributed by atoms with van der Waals surface area (Å²) in [6, 6.07) is 7.01. The number of rotatable bonds is 4. The molecule has 3 heterocycles. The number of aromatic nitrogens is 2. The quantitative estimate of drug-likeness (QED) is 0.713. The van der Waals surface area contributed by atoms with Gasteiger partial charge in [-0.2, -0.15) is 9.29 Å². The summed E-state index contributed by atoms with van der Waals surface area (Å²) in [5, 5.41) is 0.469. The summed E-state index contributed by atoms with van der Waals surface area (Å²) in [4.78, 5) is 14.1. The zero-order valence-electron chi connectivity index (χ0n) is 17.5. The van der Waals surface area contributed by atoms with Crippen molar-refractivity contribution in [3.63, 3.8) is 0 Å². The molecule has 0 unspecified atom stereocenters. The second-order valence-electron chi connectivity index (χ2n) is 7.97. The molecule has 2 aliphatic rings. The van der Waals surface area contributed by atoms with Crippen LogP contribution in [0.1, 0.15) is 30.5 Å². The number of piperidine rings is 1. The second kappa shape index (κ2) is 8.69. The molecule has 0 N–H and O–H groups in total. The minimum atomic E-state index is -3.57. The van der Waals surface area contributed by atoms with Gasteiger partial charge in [-0.25, -0.2) is 13.4 Å². The number of nitrogens with zero attached hydrogens (tertiary/aromatic N) is 5. The lowest BCUT2D eigenvalue weighted by molar-refractivity contribution is 0.383. The molecule has 9 heteroatoms. The fourth-order valence-corrected chi connectivity index (χ4v) is 6.00. The van der Waals surface area contributed by atoms with Crippen LogP contribution in [0.4, 0.5) is 11.8 Å². The Labute approximate surface area is 183 Å². The Kier molecular flexibility index (Phi) is 6.18. The van der Waals surface area contributed by atoms with E-state index in [1.807, 2.05) is 13.0 Å². The van der Waals surface area contributed by atoms with Crippen LogP contribution < -0.4 is 9.80 Å². The van der Waals surface area contributed by atoms with E-state index in [-0.39, 0.29) is 4.90 Å². The number of halogens is 1. The van der Waals surface area contributed by atoms with Crippen molar-refractivity contribution in [3.8, 4) is 0 Å². The van der Waals surface area contributed by atoms with E-state index >= 15 is 0 Å². The first-order valence-electron chi connectivity index (χ1n) is 10.5. The van der Waals surface area contributed by atoms with E-state index in [9.17, 15) is 8.42 Å². The van der Waals surface area contributed by atoms with Crippen molar-refractivity contribution in [1.29, 1.82) is 0 Å². The van der Waals surface area contributed by atoms with Crippen molar-refractivity contribution in [3.05, 3.63) is 40.5 Å². The van der Waals surface area contributed by atoms with Crippen LogP contribution in [0.5, 0.6) is 0 Å². The van der Waals surface area contributed by atoms with E-state index < -0.39 is 10.0 Å². The van der Waals surface area contributed by atoms with Crippen LogP contribution in [-0.4, -0.2) is 62.0 Å². The van der Waals surface area contributed by atoms with Gasteiger partial charge in [0, 0.05) is 56.1 Å². The highest BCUT2D eigenvalue weighted by Crippen LogP contribution is 2.27. The molecule has 1 aromatic heterocycles. The third kappa shape index (κ3) is 4.26. The van der Waals surface area contributed by atoms with Gasteiger partial charge in [-0.3, -0.25) is 0 Å². The van der Waals surface area contributed by atoms with Crippen LogP contribution in [0.3, 0.4) is 0 Å². The molecular weight excluding hydrogens is 422 g/mol. The Bertz CT molecular complexity index is 1020. The number of anilines is 2. The van der Waals surface area contributed by atoms with Crippen LogP contribution in [0.25, 0.3) is 0 Å². The summed E-state index contributed by atoms with van der Waals surface area (Å²) in [7, 11) is -3.57. The minimum Gasteiger partial charge on any atom is -0.354 e. The fourth-order valence-electron chi connectivity index (χ4n) is 4.10. The second-order valence-corrected chi connectivity index (χ2v) is 10.3. The first-order chi connectivity index (χ1) is 14.4. The van der Waals surface area contributed by atoms with Crippen LogP contribution >= 0.6 is 11.6 Å². The van der Waals surface area contributed by atoms with Crippen molar-refractivity contribution in [2.45, 2.75) is 38.0 Å². The van der Waals surface area contributed by atoms with Crippen LogP contribution in [-0.2, 0) is 10.0 Å². The van der Waals surface area contributed by atoms with Crippen LogP contribution in [0, 0.1) is 13.8 Å². The summed E-state index contributed by atoms with van der Waals surface area (Å²) in [6.07, 6.45) is 3.61. The molecule has 0 aliphatic carbocycles. The highest BCUT2D eigenvalue weighted by atomic mass is 35.5. The third-order valence-electron chi connectivity index (χ3n) is 5.87. The normalized spacial score (nSPS) is 18.6. The SMILES string of the molecule is Cc1cc(N2CCN(S(=O)(=O)c3cccc(Cl)c3C)CC2)nc(N2CCCCC2)n1. The molecule has 1 aromatic carbocycles. The van der Waals surface area contributed by atoms with Crippen LogP contribution in [0.2, 0.25) is 5.02 Å². The van der Waals surface area contributed by atoms with Gasteiger partial charge < -0.3 is 9.80 Å². The predicted molar refractivity (Wildman–Crippen MR) is 120 cm³/mol. The highest BCUT2D eigenvalue weighted by Gasteiger charge is 2.30. The van der Waals surface area contributed by atoms with E-state index in [0.717, 1.165) is 30.5 Å². The molecule has 2 saturated heterocycles.